The highest BCUT2D eigenvalue weighted by molar-refractivity contribution is 7.07. The number of benzene rings is 2. The molecular formula is C23H22N4OS. The molecule has 0 atom stereocenters. The Kier molecular flexibility index (Phi) is 4.87. The zero-order valence-electron chi connectivity index (χ0n) is 16.1. The highest BCUT2D eigenvalue weighted by Gasteiger charge is 2.22. The van der Waals surface area contributed by atoms with Crippen LogP contribution < -0.4 is 0 Å². The standard InChI is InChI=1S/C23H22N4OS/c28-23(26-12-10-25(11-13-26)15-18-9-14-29-16-18)19-5-7-20(8-6-19)27-17-24-21-3-1-2-4-22(21)27/h1-9,14,16-17H,10-13,15H2. The third-order valence-corrected chi connectivity index (χ3v) is 6.22. The van der Waals surface area contributed by atoms with Gasteiger partial charge in [0.05, 0.1) is 11.0 Å². The van der Waals surface area contributed by atoms with Crippen molar-refractivity contribution in [3.63, 3.8) is 0 Å². The Hall–Kier alpha value is -2.96. The SMILES string of the molecule is O=C(c1ccc(-n2cnc3ccccc32)cc1)N1CCN(Cc2ccsc2)CC1. The molecular weight excluding hydrogens is 380 g/mol. The van der Waals surface area contributed by atoms with E-state index in [4.69, 9.17) is 0 Å². The van der Waals surface area contributed by atoms with Crippen LogP contribution in [0.5, 0.6) is 0 Å². The van der Waals surface area contributed by atoms with E-state index >= 15 is 0 Å². The van der Waals surface area contributed by atoms with E-state index in [0.717, 1.165) is 55.0 Å². The van der Waals surface area contributed by atoms with E-state index in [9.17, 15) is 4.79 Å². The van der Waals surface area contributed by atoms with Gasteiger partial charge in [-0.1, -0.05) is 12.1 Å². The minimum absolute atomic E-state index is 0.113. The first-order valence-corrected chi connectivity index (χ1v) is 10.8. The number of hydrogen-bond acceptors (Lipinski definition) is 4. The lowest BCUT2D eigenvalue weighted by molar-refractivity contribution is 0.0628. The van der Waals surface area contributed by atoms with Crippen LogP contribution in [-0.4, -0.2) is 51.4 Å². The summed E-state index contributed by atoms with van der Waals surface area (Å²) in [5, 5.41) is 4.31. The number of amides is 1. The highest BCUT2D eigenvalue weighted by Crippen LogP contribution is 2.19. The molecule has 146 valence electrons. The predicted molar refractivity (Wildman–Crippen MR) is 117 cm³/mol. The van der Waals surface area contributed by atoms with Crippen LogP contribution in [0.2, 0.25) is 0 Å². The van der Waals surface area contributed by atoms with E-state index in [1.165, 1.54) is 5.56 Å². The molecule has 0 spiro atoms. The number of aromatic nitrogens is 2. The van der Waals surface area contributed by atoms with E-state index in [-0.39, 0.29) is 5.91 Å². The number of nitrogens with zero attached hydrogens (tertiary/aromatic N) is 4. The molecule has 4 aromatic rings. The topological polar surface area (TPSA) is 41.4 Å². The molecule has 1 saturated heterocycles. The first kappa shape index (κ1) is 18.1. The number of piperazine rings is 1. The fourth-order valence-electron chi connectivity index (χ4n) is 3.86. The van der Waals surface area contributed by atoms with E-state index < -0.39 is 0 Å². The quantitative estimate of drug-likeness (QED) is 0.517. The van der Waals surface area contributed by atoms with Gasteiger partial charge >= 0.3 is 0 Å². The Morgan fingerprint density at radius 2 is 1.76 bits per heavy atom. The maximum Gasteiger partial charge on any atom is 0.253 e. The van der Waals surface area contributed by atoms with Crippen LogP contribution in [0.4, 0.5) is 0 Å². The summed E-state index contributed by atoms with van der Waals surface area (Å²) in [5.41, 5.74) is 5.14. The summed E-state index contributed by atoms with van der Waals surface area (Å²) in [4.78, 5) is 21.7. The molecule has 0 saturated carbocycles. The van der Waals surface area contributed by atoms with Crippen molar-refractivity contribution in [3.05, 3.63) is 82.8 Å². The molecule has 0 unspecified atom stereocenters. The van der Waals surface area contributed by atoms with Gasteiger partial charge in [-0.2, -0.15) is 11.3 Å². The second-order valence-corrected chi connectivity index (χ2v) is 8.13. The van der Waals surface area contributed by atoms with Crippen LogP contribution in [0, 0.1) is 0 Å². The number of fused-ring (bicyclic) bond motifs is 1. The molecule has 2 aromatic carbocycles. The number of rotatable bonds is 4. The lowest BCUT2D eigenvalue weighted by Crippen LogP contribution is -2.48. The molecule has 1 aliphatic heterocycles. The molecule has 29 heavy (non-hydrogen) atoms. The summed E-state index contributed by atoms with van der Waals surface area (Å²) in [6.45, 7) is 4.36. The zero-order valence-corrected chi connectivity index (χ0v) is 16.9. The number of carbonyl (C=O) groups excluding carboxylic acids is 1. The normalized spacial score (nSPS) is 15.1. The van der Waals surface area contributed by atoms with Crippen molar-refractivity contribution < 1.29 is 4.79 Å². The van der Waals surface area contributed by atoms with Crippen LogP contribution >= 0.6 is 11.3 Å². The Balaban J connectivity index is 1.25. The molecule has 5 rings (SSSR count). The number of carbonyl (C=O) groups is 1. The molecule has 2 aromatic heterocycles. The van der Waals surface area contributed by atoms with Gasteiger partial charge in [0.1, 0.15) is 6.33 Å². The summed E-state index contributed by atoms with van der Waals surface area (Å²) in [6, 6.07) is 18.1. The van der Waals surface area contributed by atoms with Gasteiger partial charge in [-0.05, 0) is 58.8 Å². The van der Waals surface area contributed by atoms with Gasteiger partial charge < -0.3 is 4.90 Å². The summed E-state index contributed by atoms with van der Waals surface area (Å²) in [6.07, 6.45) is 1.83. The van der Waals surface area contributed by atoms with Crippen molar-refractivity contribution in [3.8, 4) is 5.69 Å². The van der Waals surface area contributed by atoms with Crippen molar-refractivity contribution in [2.75, 3.05) is 26.2 Å². The first-order chi connectivity index (χ1) is 14.3. The van der Waals surface area contributed by atoms with Crippen molar-refractivity contribution >= 4 is 28.3 Å². The van der Waals surface area contributed by atoms with Crippen molar-refractivity contribution in [2.24, 2.45) is 0 Å². The third-order valence-electron chi connectivity index (χ3n) is 5.49. The maximum absolute atomic E-state index is 12.9. The van der Waals surface area contributed by atoms with E-state index in [0.29, 0.717) is 0 Å². The fraction of sp³-hybridized carbons (Fsp3) is 0.217. The lowest BCUT2D eigenvalue weighted by atomic mass is 10.1. The first-order valence-electron chi connectivity index (χ1n) is 9.83. The van der Waals surface area contributed by atoms with Gasteiger partial charge in [0.2, 0.25) is 0 Å². The largest absolute Gasteiger partial charge is 0.336 e. The van der Waals surface area contributed by atoms with Gasteiger partial charge in [-0.25, -0.2) is 4.98 Å². The number of thiophene rings is 1. The molecule has 5 nitrogen and oxygen atoms in total. The predicted octanol–water partition coefficient (Wildman–Crippen LogP) is 4.05. The Labute approximate surface area is 173 Å². The van der Waals surface area contributed by atoms with E-state index in [2.05, 4.69) is 32.8 Å². The Morgan fingerprint density at radius 3 is 2.52 bits per heavy atom. The number of para-hydroxylation sites is 2. The Morgan fingerprint density at radius 1 is 0.966 bits per heavy atom. The van der Waals surface area contributed by atoms with E-state index in [1.807, 2.05) is 58.3 Å². The van der Waals surface area contributed by atoms with Crippen LogP contribution in [0.15, 0.2) is 71.7 Å². The molecule has 1 aliphatic rings. The van der Waals surface area contributed by atoms with Gasteiger partial charge in [0.15, 0.2) is 0 Å². The molecule has 3 heterocycles. The van der Waals surface area contributed by atoms with Crippen LogP contribution in [0.1, 0.15) is 15.9 Å². The second-order valence-electron chi connectivity index (χ2n) is 7.35. The third kappa shape index (κ3) is 3.69. The van der Waals surface area contributed by atoms with Gasteiger partial charge in [0.25, 0.3) is 5.91 Å². The smallest absolute Gasteiger partial charge is 0.253 e. The van der Waals surface area contributed by atoms with Crippen LogP contribution in [0.3, 0.4) is 0 Å². The zero-order chi connectivity index (χ0) is 19.6. The van der Waals surface area contributed by atoms with Gasteiger partial charge in [-0.3, -0.25) is 14.3 Å². The molecule has 1 amide bonds. The number of hydrogen-bond donors (Lipinski definition) is 0. The molecule has 0 bridgehead atoms. The summed E-state index contributed by atoms with van der Waals surface area (Å²) in [7, 11) is 0. The summed E-state index contributed by atoms with van der Waals surface area (Å²) >= 11 is 1.73. The van der Waals surface area contributed by atoms with Crippen LogP contribution in [0.25, 0.3) is 16.7 Å². The van der Waals surface area contributed by atoms with Crippen molar-refractivity contribution in [1.82, 2.24) is 19.4 Å². The van der Waals surface area contributed by atoms with Gasteiger partial charge in [-0.15, -0.1) is 0 Å². The minimum Gasteiger partial charge on any atom is -0.336 e. The Bertz CT molecular complexity index is 1110. The monoisotopic (exact) mass is 402 g/mol. The average Bonchev–Trinajstić information content (AvgIpc) is 3.44. The second kappa shape index (κ2) is 7.81. The molecule has 0 aliphatic carbocycles. The fourth-order valence-corrected chi connectivity index (χ4v) is 4.52. The molecule has 1 fully saturated rings. The molecule has 0 N–H and O–H groups in total. The average molecular weight is 403 g/mol. The molecule has 6 heteroatoms. The van der Waals surface area contributed by atoms with Crippen molar-refractivity contribution in [1.29, 1.82) is 0 Å². The lowest BCUT2D eigenvalue weighted by Gasteiger charge is -2.34. The van der Waals surface area contributed by atoms with Gasteiger partial charge in [0, 0.05) is 44.0 Å². The summed E-state index contributed by atoms with van der Waals surface area (Å²) in [5.74, 6) is 0.113. The minimum atomic E-state index is 0.113. The van der Waals surface area contributed by atoms with Crippen molar-refractivity contribution in [2.45, 2.75) is 6.54 Å². The molecule has 0 radical (unpaired) electrons. The maximum atomic E-state index is 12.9. The number of imidazole rings is 1. The highest BCUT2D eigenvalue weighted by atomic mass is 32.1. The summed E-state index contributed by atoms with van der Waals surface area (Å²) < 4.78 is 2.05. The van der Waals surface area contributed by atoms with E-state index in [1.54, 1.807) is 11.3 Å². The van der Waals surface area contributed by atoms with Crippen LogP contribution in [-0.2, 0) is 6.54 Å².